The average molecular weight is 396 g/mol. The van der Waals surface area contributed by atoms with Gasteiger partial charge in [-0.15, -0.1) is 0 Å². The summed E-state index contributed by atoms with van der Waals surface area (Å²) in [4.78, 5) is 34.3. The third kappa shape index (κ3) is 6.14. The largest absolute Gasteiger partial charge is 0.472 e. The summed E-state index contributed by atoms with van der Waals surface area (Å²) < 4.78 is 41.4. The van der Waals surface area contributed by atoms with Gasteiger partial charge >= 0.3 is 13.5 Å². The van der Waals surface area contributed by atoms with Crippen LogP contribution < -0.4 is 11.2 Å². The minimum Gasteiger partial charge on any atom is -0.352 e. The van der Waals surface area contributed by atoms with Gasteiger partial charge in [-0.1, -0.05) is 26.2 Å². The summed E-state index contributed by atoms with van der Waals surface area (Å²) in [6, 6.07) is 0. The van der Waals surface area contributed by atoms with Crippen molar-refractivity contribution in [2.45, 2.75) is 57.8 Å². The highest BCUT2D eigenvalue weighted by atomic mass is 31.2. The molecule has 2 N–H and O–H groups in total. The number of nitrogens with zero attached hydrogens (tertiary/aromatic N) is 1. The molecule has 0 aromatic carbocycles. The molecule has 2 heterocycles. The maximum Gasteiger partial charge on any atom is 0.472 e. The Morgan fingerprint density at radius 1 is 1.38 bits per heavy atom. The smallest absolute Gasteiger partial charge is 0.352 e. The molecule has 1 fully saturated rings. The Bertz CT molecular complexity index is 756. The molecule has 26 heavy (non-hydrogen) atoms. The first-order chi connectivity index (χ1) is 12.3. The lowest BCUT2D eigenvalue weighted by atomic mass is 10.2. The SMILES string of the molecule is CCCCCCOP(=O)(O)OC[C@@H]1CC[C@H](n2cc(F)c(=O)[nH]c2=O)O1.[HH]. The lowest BCUT2D eigenvalue weighted by Crippen LogP contribution is -2.34. The first-order valence-electron chi connectivity index (χ1n) is 8.60. The Morgan fingerprint density at radius 2 is 2.15 bits per heavy atom. The molecule has 0 saturated carbocycles. The van der Waals surface area contributed by atoms with Crippen molar-refractivity contribution in [2.75, 3.05) is 13.2 Å². The van der Waals surface area contributed by atoms with Crippen molar-refractivity contribution in [2.24, 2.45) is 0 Å². The summed E-state index contributed by atoms with van der Waals surface area (Å²) >= 11 is 0. The van der Waals surface area contributed by atoms with Gasteiger partial charge in [-0.2, -0.15) is 4.39 Å². The first kappa shape index (κ1) is 21.0. The van der Waals surface area contributed by atoms with Gasteiger partial charge in [0, 0.05) is 1.43 Å². The van der Waals surface area contributed by atoms with E-state index in [9.17, 15) is 23.4 Å². The maximum atomic E-state index is 13.3. The zero-order chi connectivity index (χ0) is 19.2. The maximum absolute atomic E-state index is 13.3. The van der Waals surface area contributed by atoms with E-state index in [4.69, 9.17) is 13.8 Å². The van der Waals surface area contributed by atoms with Crippen LogP contribution in [0.2, 0.25) is 0 Å². The molecule has 1 saturated heterocycles. The molecular weight excluding hydrogens is 370 g/mol. The number of phosphoric ester groups is 1. The molecule has 150 valence electrons. The van der Waals surface area contributed by atoms with Gasteiger partial charge in [0.25, 0.3) is 5.56 Å². The Hall–Kier alpha value is -1.32. The van der Waals surface area contributed by atoms with Crippen molar-refractivity contribution < 1.29 is 29.1 Å². The number of hydrogen-bond donors (Lipinski definition) is 2. The molecule has 0 amide bonds. The van der Waals surface area contributed by atoms with Gasteiger partial charge in [0.15, 0.2) is 0 Å². The van der Waals surface area contributed by atoms with Crippen LogP contribution in [0.25, 0.3) is 0 Å². The highest BCUT2D eigenvalue weighted by molar-refractivity contribution is 7.47. The Morgan fingerprint density at radius 3 is 2.88 bits per heavy atom. The Kier molecular flexibility index (Phi) is 7.72. The van der Waals surface area contributed by atoms with E-state index < -0.39 is 37.2 Å². The van der Waals surface area contributed by atoms with Crippen molar-refractivity contribution in [3.05, 3.63) is 32.9 Å². The fourth-order valence-corrected chi connectivity index (χ4v) is 3.40. The van der Waals surface area contributed by atoms with E-state index in [0.29, 0.717) is 19.3 Å². The van der Waals surface area contributed by atoms with E-state index in [1.807, 2.05) is 4.98 Å². The number of ether oxygens (including phenoxy) is 1. The second kappa shape index (κ2) is 9.57. The summed E-state index contributed by atoms with van der Waals surface area (Å²) in [5.41, 5.74) is -1.88. The molecule has 0 aliphatic carbocycles. The van der Waals surface area contributed by atoms with E-state index in [1.54, 1.807) is 0 Å². The van der Waals surface area contributed by atoms with Gasteiger partial charge in [-0.25, -0.2) is 9.36 Å². The van der Waals surface area contributed by atoms with Gasteiger partial charge in [0.2, 0.25) is 5.82 Å². The van der Waals surface area contributed by atoms with Gasteiger partial charge in [0.05, 0.1) is 25.5 Å². The molecule has 2 rings (SSSR count). The molecule has 3 atom stereocenters. The molecule has 1 aromatic heterocycles. The van der Waals surface area contributed by atoms with Crippen LogP contribution in [0.3, 0.4) is 0 Å². The molecule has 0 bridgehead atoms. The number of aromatic nitrogens is 2. The Balaban J connectivity index is 0.00000364. The molecule has 1 aromatic rings. The summed E-state index contributed by atoms with van der Waals surface area (Å²) in [5, 5.41) is 0. The molecule has 1 unspecified atom stereocenters. The summed E-state index contributed by atoms with van der Waals surface area (Å²) in [6.07, 6.45) is 3.92. The number of phosphoric acid groups is 1. The van der Waals surface area contributed by atoms with Gasteiger partial charge < -0.3 is 9.63 Å². The van der Waals surface area contributed by atoms with Crippen LogP contribution in [0.15, 0.2) is 15.8 Å². The van der Waals surface area contributed by atoms with Gasteiger partial charge in [0.1, 0.15) is 6.23 Å². The van der Waals surface area contributed by atoms with Crippen LogP contribution in [-0.4, -0.2) is 33.8 Å². The third-order valence-electron chi connectivity index (χ3n) is 4.00. The standard InChI is InChI=1S/C15H24FN2O7P.H2/c1-2-3-4-5-8-23-26(21,22)24-10-11-6-7-13(25-11)18-9-12(16)14(19)17-15(18)20;/h9,11,13H,2-8,10H2,1H3,(H,21,22)(H,17,19,20);1H/t11-,13+;/m0./s1. The zero-order valence-corrected chi connectivity index (χ0v) is 15.5. The van der Waals surface area contributed by atoms with E-state index in [2.05, 4.69) is 6.92 Å². The molecule has 0 radical (unpaired) electrons. The van der Waals surface area contributed by atoms with E-state index >= 15 is 0 Å². The Labute approximate surface area is 151 Å². The highest BCUT2D eigenvalue weighted by Gasteiger charge is 2.31. The molecule has 9 nitrogen and oxygen atoms in total. The van der Waals surface area contributed by atoms with Crippen molar-refractivity contribution in [3.63, 3.8) is 0 Å². The second-order valence-electron chi connectivity index (χ2n) is 6.09. The topological polar surface area (TPSA) is 120 Å². The van der Waals surface area contributed by atoms with Crippen LogP contribution in [0.4, 0.5) is 4.39 Å². The molecule has 11 heteroatoms. The average Bonchev–Trinajstić information content (AvgIpc) is 3.05. The van der Waals surface area contributed by atoms with E-state index in [1.165, 1.54) is 0 Å². The first-order valence-corrected chi connectivity index (χ1v) is 10.1. The predicted octanol–water partition coefficient (Wildman–Crippen LogP) is 2.31. The minimum absolute atomic E-state index is 0. The molecule has 1 aliphatic heterocycles. The van der Waals surface area contributed by atoms with Crippen molar-refractivity contribution in [1.82, 2.24) is 9.55 Å². The number of H-pyrrole nitrogens is 1. The van der Waals surface area contributed by atoms with Crippen LogP contribution >= 0.6 is 7.82 Å². The van der Waals surface area contributed by atoms with Gasteiger partial charge in [-0.3, -0.25) is 23.4 Å². The second-order valence-corrected chi connectivity index (χ2v) is 7.55. The predicted molar refractivity (Wildman–Crippen MR) is 92.4 cm³/mol. The number of unbranched alkanes of at least 4 members (excludes halogenated alkanes) is 3. The molecule has 0 spiro atoms. The van der Waals surface area contributed by atoms with Crippen LogP contribution in [0.5, 0.6) is 0 Å². The highest BCUT2D eigenvalue weighted by Crippen LogP contribution is 2.44. The lowest BCUT2D eigenvalue weighted by Gasteiger charge is -2.17. The van der Waals surface area contributed by atoms with Gasteiger partial charge in [-0.05, 0) is 19.3 Å². The quantitative estimate of drug-likeness (QED) is 0.460. The van der Waals surface area contributed by atoms with Crippen molar-refractivity contribution in [1.29, 1.82) is 0 Å². The number of halogens is 1. The third-order valence-corrected chi connectivity index (χ3v) is 4.98. The fourth-order valence-electron chi connectivity index (χ4n) is 2.61. The monoisotopic (exact) mass is 396 g/mol. The minimum atomic E-state index is -4.17. The number of rotatable bonds is 10. The fraction of sp³-hybridized carbons (Fsp3) is 0.733. The summed E-state index contributed by atoms with van der Waals surface area (Å²) in [5.74, 6) is -1.09. The van der Waals surface area contributed by atoms with Crippen LogP contribution in [0.1, 0.15) is 53.1 Å². The summed E-state index contributed by atoms with van der Waals surface area (Å²) in [7, 11) is -4.17. The normalized spacial score (nSPS) is 22.4. The number of hydrogen-bond acceptors (Lipinski definition) is 6. The van der Waals surface area contributed by atoms with Crippen molar-refractivity contribution >= 4 is 7.82 Å². The molecule has 1 aliphatic rings. The van der Waals surface area contributed by atoms with E-state index in [-0.39, 0.29) is 14.6 Å². The number of aromatic amines is 1. The molecular formula is C15H26FN2O7P. The summed E-state index contributed by atoms with van der Waals surface area (Å²) in [6.45, 7) is 2.00. The zero-order valence-electron chi connectivity index (χ0n) is 14.6. The lowest BCUT2D eigenvalue weighted by molar-refractivity contribution is -0.0264. The van der Waals surface area contributed by atoms with Crippen LogP contribution in [0, 0.1) is 5.82 Å². The van der Waals surface area contributed by atoms with Crippen LogP contribution in [-0.2, 0) is 18.3 Å². The number of nitrogens with one attached hydrogen (secondary N) is 1. The van der Waals surface area contributed by atoms with E-state index in [0.717, 1.165) is 30.0 Å². The van der Waals surface area contributed by atoms with Crippen molar-refractivity contribution in [3.8, 4) is 0 Å².